The number of hydrogen-bond acceptors (Lipinski definition) is 3. The van der Waals surface area contributed by atoms with E-state index in [-0.39, 0.29) is 0 Å². The molecule has 0 aliphatic heterocycles. The predicted molar refractivity (Wildman–Crippen MR) is 108 cm³/mol. The smallest absolute Gasteiger partial charge is 0.170 e. The molecule has 0 spiro atoms. The highest BCUT2D eigenvalue weighted by atomic mass is 32.1. The van der Waals surface area contributed by atoms with Crippen molar-refractivity contribution in [3.63, 3.8) is 0 Å². The van der Waals surface area contributed by atoms with E-state index in [1.165, 1.54) is 16.8 Å². The van der Waals surface area contributed by atoms with E-state index in [1.807, 2.05) is 33.9 Å². The van der Waals surface area contributed by atoms with E-state index >= 15 is 0 Å². The van der Waals surface area contributed by atoms with Crippen LogP contribution < -0.4 is 10.6 Å². The average molecular weight is 369 g/mol. The fraction of sp³-hybridized carbons (Fsp3) is 0.316. The van der Waals surface area contributed by atoms with Crippen molar-refractivity contribution >= 4 is 23.0 Å². The molecule has 2 heterocycles. The lowest BCUT2D eigenvalue weighted by molar-refractivity contribution is 0.561. The lowest BCUT2D eigenvalue weighted by Crippen LogP contribution is -2.29. The Balaban J connectivity index is 1.43. The quantitative estimate of drug-likeness (QED) is 0.496. The summed E-state index contributed by atoms with van der Waals surface area (Å²) >= 11 is 5.35. The van der Waals surface area contributed by atoms with Crippen LogP contribution in [0.2, 0.25) is 0 Å². The Morgan fingerprint density at radius 3 is 2.77 bits per heavy atom. The van der Waals surface area contributed by atoms with E-state index in [0.717, 1.165) is 31.7 Å². The molecule has 0 aliphatic carbocycles. The Morgan fingerprint density at radius 2 is 2.00 bits per heavy atom. The van der Waals surface area contributed by atoms with E-state index in [0.29, 0.717) is 5.11 Å². The maximum absolute atomic E-state index is 5.35. The van der Waals surface area contributed by atoms with Gasteiger partial charge in [0.2, 0.25) is 0 Å². The maximum atomic E-state index is 5.35. The van der Waals surface area contributed by atoms with Gasteiger partial charge in [-0.2, -0.15) is 10.2 Å². The number of rotatable bonds is 7. The van der Waals surface area contributed by atoms with Gasteiger partial charge in [0.25, 0.3) is 0 Å². The molecule has 3 aromatic rings. The molecule has 6 nitrogen and oxygen atoms in total. The summed E-state index contributed by atoms with van der Waals surface area (Å²) < 4.78 is 3.90. The normalized spacial score (nSPS) is 10.7. The number of aryl methyl sites for hydroxylation is 3. The van der Waals surface area contributed by atoms with Crippen LogP contribution in [0.3, 0.4) is 0 Å². The molecular weight excluding hydrogens is 344 g/mol. The summed E-state index contributed by atoms with van der Waals surface area (Å²) in [6, 6.07) is 10.3. The van der Waals surface area contributed by atoms with Gasteiger partial charge in [-0.3, -0.25) is 9.36 Å². The van der Waals surface area contributed by atoms with Gasteiger partial charge < -0.3 is 10.6 Å². The summed E-state index contributed by atoms with van der Waals surface area (Å²) in [5, 5.41) is 15.7. The summed E-state index contributed by atoms with van der Waals surface area (Å²) in [6.07, 6.45) is 6.54. The number of benzene rings is 1. The van der Waals surface area contributed by atoms with Crippen LogP contribution in [0.25, 0.3) is 0 Å². The molecule has 3 rings (SSSR count). The molecule has 136 valence electrons. The van der Waals surface area contributed by atoms with Crippen LogP contribution in [0, 0.1) is 13.8 Å². The molecule has 2 aromatic heterocycles. The average Bonchev–Trinajstić information content (AvgIpc) is 3.23. The molecule has 0 fully saturated rings. The molecular formula is C19H24N6S. The lowest BCUT2D eigenvalue weighted by atomic mass is 10.1. The second-order valence-electron chi connectivity index (χ2n) is 6.28. The van der Waals surface area contributed by atoms with Gasteiger partial charge in [-0.15, -0.1) is 0 Å². The zero-order valence-electron chi connectivity index (χ0n) is 15.1. The van der Waals surface area contributed by atoms with Crippen LogP contribution in [0.15, 0.2) is 48.9 Å². The minimum absolute atomic E-state index is 0.609. The standard InChI is InChI=1S/C19H24N6S/c1-15-6-3-4-7-17(15)13-24-14-18(12-22-24)23-19(26)20-9-5-11-25-16(2)8-10-21-25/h3-4,6-8,10,12,14H,5,9,11,13H2,1-2H3,(H2,20,23,26). The summed E-state index contributed by atoms with van der Waals surface area (Å²) in [7, 11) is 0. The Hall–Kier alpha value is -2.67. The van der Waals surface area contributed by atoms with Crippen molar-refractivity contribution in [2.24, 2.45) is 0 Å². The Labute approximate surface area is 159 Å². The summed E-state index contributed by atoms with van der Waals surface area (Å²) in [4.78, 5) is 0. The summed E-state index contributed by atoms with van der Waals surface area (Å²) in [5.41, 5.74) is 4.59. The maximum Gasteiger partial charge on any atom is 0.170 e. The SMILES string of the molecule is Cc1ccccc1Cn1cc(NC(=S)NCCCn2nccc2C)cn1. The number of nitrogens with one attached hydrogen (secondary N) is 2. The minimum Gasteiger partial charge on any atom is -0.362 e. The first kappa shape index (κ1) is 18.1. The number of aromatic nitrogens is 4. The molecule has 0 saturated heterocycles. The van der Waals surface area contributed by atoms with E-state index in [4.69, 9.17) is 12.2 Å². The van der Waals surface area contributed by atoms with Gasteiger partial charge in [-0.1, -0.05) is 24.3 Å². The van der Waals surface area contributed by atoms with Gasteiger partial charge in [0, 0.05) is 31.2 Å². The second kappa shape index (κ2) is 8.62. The Morgan fingerprint density at radius 1 is 1.15 bits per heavy atom. The first-order valence-electron chi connectivity index (χ1n) is 8.72. The van der Waals surface area contributed by atoms with Gasteiger partial charge in [-0.25, -0.2) is 0 Å². The van der Waals surface area contributed by atoms with Gasteiger partial charge in [0.05, 0.1) is 18.4 Å². The van der Waals surface area contributed by atoms with Gasteiger partial charge in [0.15, 0.2) is 5.11 Å². The van der Waals surface area contributed by atoms with Crippen LogP contribution in [-0.4, -0.2) is 31.2 Å². The van der Waals surface area contributed by atoms with Crippen molar-refractivity contribution in [3.8, 4) is 0 Å². The van der Waals surface area contributed by atoms with Crippen LogP contribution in [0.4, 0.5) is 5.69 Å². The zero-order valence-corrected chi connectivity index (χ0v) is 16.0. The third-order valence-electron chi connectivity index (χ3n) is 4.25. The monoisotopic (exact) mass is 368 g/mol. The molecule has 0 atom stereocenters. The van der Waals surface area contributed by atoms with Gasteiger partial charge in [0.1, 0.15) is 0 Å². The van der Waals surface area contributed by atoms with Crippen LogP contribution in [0.5, 0.6) is 0 Å². The molecule has 0 aliphatic rings. The molecule has 26 heavy (non-hydrogen) atoms. The molecule has 0 unspecified atom stereocenters. The van der Waals surface area contributed by atoms with E-state index in [2.05, 4.69) is 52.9 Å². The molecule has 7 heteroatoms. The highest BCUT2D eigenvalue weighted by Crippen LogP contribution is 2.11. The highest BCUT2D eigenvalue weighted by Gasteiger charge is 2.04. The van der Waals surface area contributed by atoms with Crippen molar-refractivity contribution in [1.82, 2.24) is 24.9 Å². The molecule has 0 radical (unpaired) electrons. The van der Waals surface area contributed by atoms with Crippen LogP contribution >= 0.6 is 12.2 Å². The third kappa shape index (κ3) is 4.92. The first-order valence-corrected chi connectivity index (χ1v) is 9.13. The Bertz CT molecular complexity index is 866. The first-order chi connectivity index (χ1) is 12.6. The van der Waals surface area contributed by atoms with Gasteiger partial charge >= 0.3 is 0 Å². The molecule has 0 saturated carbocycles. The fourth-order valence-corrected chi connectivity index (χ4v) is 2.94. The summed E-state index contributed by atoms with van der Waals surface area (Å²) in [6.45, 7) is 6.59. The Kier molecular flexibility index (Phi) is 6.01. The number of hydrogen-bond donors (Lipinski definition) is 2. The van der Waals surface area contributed by atoms with Crippen molar-refractivity contribution in [2.45, 2.75) is 33.4 Å². The van der Waals surface area contributed by atoms with Crippen LogP contribution in [0.1, 0.15) is 23.2 Å². The molecule has 2 N–H and O–H groups in total. The third-order valence-corrected chi connectivity index (χ3v) is 4.49. The topological polar surface area (TPSA) is 59.7 Å². The van der Waals surface area contributed by atoms with Crippen LogP contribution in [-0.2, 0) is 13.1 Å². The molecule has 0 amide bonds. The van der Waals surface area contributed by atoms with Crippen molar-refractivity contribution in [1.29, 1.82) is 0 Å². The van der Waals surface area contributed by atoms with E-state index in [1.54, 1.807) is 6.20 Å². The van der Waals surface area contributed by atoms with Crippen molar-refractivity contribution in [2.75, 3.05) is 11.9 Å². The van der Waals surface area contributed by atoms with E-state index in [9.17, 15) is 0 Å². The molecule has 0 bridgehead atoms. The molecule has 1 aromatic carbocycles. The summed E-state index contributed by atoms with van der Waals surface area (Å²) in [5.74, 6) is 0. The zero-order chi connectivity index (χ0) is 18.4. The highest BCUT2D eigenvalue weighted by molar-refractivity contribution is 7.80. The van der Waals surface area contributed by atoms with Gasteiger partial charge in [-0.05, 0) is 49.7 Å². The second-order valence-corrected chi connectivity index (χ2v) is 6.69. The predicted octanol–water partition coefficient (Wildman–Crippen LogP) is 3.12. The number of anilines is 1. The van der Waals surface area contributed by atoms with E-state index < -0.39 is 0 Å². The number of nitrogens with zero attached hydrogens (tertiary/aromatic N) is 4. The fourth-order valence-electron chi connectivity index (χ4n) is 2.72. The lowest BCUT2D eigenvalue weighted by Gasteiger charge is -2.09. The minimum atomic E-state index is 0.609. The largest absolute Gasteiger partial charge is 0.362 e. The van der Waals surface area contributed by atoms with Crippen molar-refractivity contribution in [3.05, 3.63) is 65.7 Å². The van der Waals surface area contributed by atoms with Crippen molar-refractivity contribution < 1.29 is 0 Å². The number of thiocarbonyl (C=S) groups is 1.